The van der Waals surface area contributed by atoms with Crippen LogP contribution in [0.1, 0.15) is 6.42 Å². The number of rotatable bonds is 2. The summed E-state index contributed by atoms with van der Waals surface area (Å²) in [5.41, 5.74) is -0.947. The van der Waals surface area contributed by atoms with Crippen molar-refractivity contribution in [2.75, 3.05) is 13.7 Å². The van der Waals surface area contributed by atoms with Crippen LogP contribution in [-0.2, 0) is 14.3 Å². The molecule has 4 heteroatoms. The monoisotopic (exact) mass is 184 g/mol. The minimum Gasteiger partial charge on any atom is -0.468 e. The van der Waals surface area contributed by atoms with E-state index < -0.39 is 11.4 Å². The van der Waals surface area contributed by atoms with Crippen LogP contribution in [0.4, 0.5) is 0 Å². The number of hydrogen-bond acceptors (Lipinski definition) is 4. The topological polar surface area (TPSA) is 59.1 Å². The Hall–Kier alpha value is -0.870. The van der Waals surface area contributed by atoms with Crippen molar-refractivity contribution in [1.29, 1.82) is 0 Å². The number of carbonyl (C=O) groups is 1. The molecular formula is C9H12O4. The second-order valence-electron chi connectivity index (χ2n) is 3.42. The third-order valence-electron chi connectivity index (χ3n) is 2.70. The van der Waals surface area contributed by atoms with Crippen LogP contribution in [-0.4, -0.2) is 37.0 Å². The molecule has 0 bridgehead atoms. The molecule has 13 heavy (non-hydrogen) atoms. The average molecular weight is 184 g/mol. The predicted molar refractivity (Wildman–Crippen MR) is 44.0 cm³/mol. The van der Waals surface area contributed by atoms with E-state index in [1.165, 1.54) is 7.11 Å². The SMILES string of the molecule is COC(=O)[C@@]1(CO)C=CC[C@H]2O[C@H]21. The zero-order valence-electron chi connectivity index (χ0n) is 7.40. The van der Waals surface area contributed by atoms with Gasteiger partial charge in [-0.25, -0.2) is 0 Å². The van der Waals surface area contributed by atoms with E-state index in [0.717, 1.165) is 6.42 Å². The van der Waals surface area contributed by atoms with Gasteiger partial charge in [-0.3, -0.25) is 4.79 Å². The lowest BCUT2D eigenvalue weighted by atomic mass is 9.79. The predicted octanol–water partition coefficient (Wildman–Crippen LogP) is -0.135. The van der Waals surface area contributed by atoms with E-state index in [9.17, 15) is 9.90 Å². The van der Waals surface area contributed by atoms with Gasteiger partial charge in [0.1, 0.15) is 11.5 Å². The number of epoxide rings is 1. The number of methoxy groups -OCH3 is 1. The van der Waals surface area contributed by atoms with E-state index in [4.69, 9.17) is 4.74 Å². The number of esters is 1. The maximum atomic E-state index is 11.4. The fraction of sp³-hybridized carbons (Fsp3) is 0.667. The Morgan fingerprint density at radius 3 is 3.23 bits per heavy atom. The van der Waals surface area contributed by atoms with Crippen molar-refractivity contribution in [1.82, 2.24) is 0 Å². The quantitative estimate of drug-likeness (QED) is 0.369. The van der Waals surface area contributed by atoms with E-state index in [1.807, 2.05) is 6.08 Å². The summed E-state index contributed by atoms with van der Waals surface area (Å²) in [6, 6.07) is 0. The van der Waals surface area contributed by atoms with Crippen molar-refractivity contribution in [3.63, 3.8) is 0 Å². The van der Waals surface area contributed by atoms with Crippen LogP contribution >= 0.6 is 0 Å². The third-order valence-corrected chi connectivity index (χ3v) is 2.70. The normalized spacial score (nSPS) is 41.1. The Bertz CT molecular complexity index is 260. The van der Waals surface area contributed by atoms with Gasteiger partial charge in [0.25, 0.3) is 0 Å². The van der Waals surface area contributed by atoms with Crippen LogP contribution in [0.15, 0.2) is 12.2 Å². The molecule has 3 atom stereocenters. The first-order valence-electron chi connectivity index (χ1n) is 4.27. The lowest BCUT2D eigenvalue weighted by Crippen LogP contribution is -2.41. The lowest BCUT2D eigenvalue weighted by molar-refractivity contribution is -0.153. The Balaban J connectivity index is 2.27. The van der Waals surface area contributed by atoms with Gasteiger partial charge in [-0.2, -0.15) is 0 Å². The fourth-order valence-electron chi connectivity index (χ4n) is 1.86. The number of aliphatic hydroxyl groups is 1. The summed E-state index contributed by atoms with van der Waals surface area (Å²) in [5.74, 6) is -0.418. The van der Waals surface area contributed by atoms with Gasteiger partial charge in [-0.05, 0) is 6.42 Å². The van der Waals surface area contributed by atoms with E-state index in [1.54, 1.807) is 6.08 Å². The summed E-state index contributed by atoms with van der Waals surface area (Å²) < 4.78 is 9.94. The molecule has 0 saturated carbocycles. The molecular weight excluding hydrogens is 172 g/mol. The largest absolute Gasteiger partial charge is 0.468 e. The van der Waals surface area contributed by atoms with E-state index >= 15 is 0 Å². The Morgan fingerprint density at radius 1 is 1.85 bits per heavy atom. The molecule has 1 fully saturated rings. The summed E-state index contributed by atoms with van der Waals surface area (Å²) in [6.07, 6.45) is 4.30. The molecule has 1 aliphatic carbocycles. The van der Waals surface area contributed by atoms with Crippen LogP contribution in [0.5, 0.6) is 0 Å². The summed E-state index contributed by atoms with van der Waals surface area (Å²) in [6.45, 7) is -0.253. The highest BCUT2D eigenvalue weighted by Crippen LogP contribution is 2.45. The first-order chi connectivity index (χ1) is 6.24. The number of fused-ring (bicyclic) bond motifs is 1. The number of ether oxygens (including phenoxy) is 2. The van der Waals surface area contributed by atoms with Gasteiger partial charge >= 0.3 is 5.97 Å². The van der Waals surface area contributed by atoms with Gasteiger partial charge in [0.2, 0.25) is 0 Å². The molecule has 2 rings (SSSR count). The standard InChI is InChI=1S/C9H12O4/c1-12-8(11)9(5-10)4-2-3-6-7(9)13-6/h2,4,6-7,10H,3,5H2,1H3/t6-,7-,9-/m1/s1. The first kappa shape index (κ1) is 8.72. The number of carbonyl (C=O) groups excluding carboxylic acids is 1. The molecule has 1 saturated heterocycles. The molecule has 0 radical (unpaired) electrons. The zero-order chi connectivity index (χ0) is 9.47. The first-order valence-corrected chi connectivity index (χ1v) is 4.27. The second kappa shape index (κ2) is 2.82. The molecule has 0 aromatic heterocycles. The van der Waals surface area contributed by atoms with Gasteiger partial charge in [-0.1, -0.05) is 12.2 Å². The highest BCUT2D eigenvalue weighted by atomic mass is 16.6. The molecule has 2 aliphatic rings. The maximum Gasteiger partial charge on any atom is 0.320 e. The molecule has 4 nitrogen and oxygen atoms in total. The third kappa shape index (κ3) is 1.09. The van der Waals surface area contributed by atoms with Gasteiger partial charge in [0, 0.05) is 0 Å². The van der Waals surface area contributed by atoms with Crippen LogP contribution in [0.25, 0.3) is 0 Å². The van der Waals surface area contributed by atoms with Gasteiger partial charge in [0.15, 0.2) is 0 Å². The van der Waals surface area contributed by atoms with Crippen LogP contribution in [0.2, 0.25) is 0 Å². The van der Waals surface area contributed by atoms with E-state index in [0.29, 0.717) is 0 Å². The zero-order valence-corrected chi connectivity index (χ0v) is 7.40. The maximum absolute atomic E-state index is 11.4. The lowest BCUT2D eigenvalue weighted by Gasteiger charge is -2.25. The Labute approximate surface area is 76.1 Å². The van der Waals surface area contributed by atoms with E-state index in [2.05, 4.69) is 4.74 Å². The van der Waals surface area contributed by atoms with Gasteiger partial charge in [-0.15, -0.1) is 0 Å². The number of aliphatic hydroxyl groups excluding tert-OH is 1. The van der Waals surface area contributed by atoms with Crippen molar-refractivity contribution in [3.8, 4) is 0 Å². The summed E-state index contributed by atoms with van der Waals surface area (Å²) >= 11 is 0. The molecule has 0 aromatic carbocycles. The molecule has 0 amide bonds. The number of hydrogen-bond donors (Lipinski definition) is 1. The van der Waals surface area contributed by atoms with Crippen LogP contribution in [0, 0.1) is 5.41 Å². The van der Waals surface area contributed by atoms with Crippen molar-refractivity contribution in [2.24, 2.45) is 5.41 Å². The molecule has 72 valence electrons. The van der Waals surface area contributed by atoms with Crippen LogP contribution in [0.3, 0.4) is 0 Å². The summed E-state index contributed by atoms with van der Waals surface area (Å²) in [7, 11) is 1.32. The van der Waals surface area contributed by atoms with Crippen molar-refractivity contribution >= 4 is 5.97 Å². The minimum absolute atomic E-state index is 0.0937. The molecule has 0 aromatic rings. The Morgan fingerprint density at radius 2 is 2.62 bits per heavy atom. The smallest absolute Gasteiger partial charge is 0.320 e. The molecule has 0 unspecified atom stereocenters. The second-order valence-corrected chi connectivity index (χ2v) is 3.42. The molecule has 1 heterocycles. The highest BCUT2D eigenvalue weighted by molar-refractivity contribution is 5.81. The van der Waals surface area contributed by atoms with Crippen LogP contribution < -0.4 is 0 Å². The summed E-state index contributed by atoms with van der Waals surface area (Å²) in [4.78, 5) is 11.4. The average Bonchev–Trinajstić information content (AvgIpc) is 2.95. The van der Waals surface area contributed by atoms with Crippen molar-refractivity contribution in [2.45, 2.75) is 18.6 Å². The molecule has 0 spiro atoms. The molecule has 1 aliphatic heterocycles. The van der Waals surface area contributed by atoms with Crippen molar-refractivity contribution < 1.29 is 19.4 Å². The fourth-order valence-corrected chi connectivity index (χ4v) is 1.86. The van der Waals surface area contributed by atoms with E-state index in [-0.39, 0.29) is 18.8 Å². The highest BCUT2D eigenvalue weighted by Gasteiger charge is 2.59. The molecule has 1 N–H and O–H groups in total. The summed E-state index contributed by atoms with van der Waals surface area (Å²) in [5, 5.41) is 9.21. The van der Waals surface area contributed by atoms with Gasteiger partial charge in [0.05, 0.1) is 19.8 Å². The Kier molecular flexibility index (Phi) is 1.89. The van der Waals surface area contributed by atoms with Gasteiger partial charge < -0.3 is 14.6 Å². The van der Waals surface area contributed by atoms with Crippen molar-refractivity contribution in [3.05, 3.63) is 12.2 Å². The minimum atomic E-state index is -0.947.